The predicted octanol–water partition coefficient (Wildman–Crippen LogP) is 9.20. The van der Waals surface area contributed by atoms with Gasteiger partial charge in [-0.3, -0.25) is 0 Å². The van der Waals surface area contributed by atoms with Crippen molar-refractivity contribution in [3.05, 3.63) is 108 Å². The second-order valence-electron chi connectivity index (χ2n) is 9.50. The molecule has 34 heavy (non-hydrogen) atoms. The van der Waals surface area contributed by atoms with Gasteiger partial charge in [0.1, 0.15) is 0 Å². The van der Waals surface area contributed by atoms with Crippen LogP contribution in [0.2, 0.25) is 0 Å². The van der Waals surface area contributed by atoms with Crippen LogP contribution in [0.15, 0.2) is 91.0 Å². The van der Waals surface area contributed by atoms with Crippen molar-refractivity contribution in [2.24, 2.45) is 5.92 Å². The molecule has 3 aromatic carbocycles. The van der Waals surface area contributed by atoms with Crippen LogP contribution in [0, 0.1) is 5.92 Å². The molecule has 0 aromatic heterocycles. The minimum Gasteiger partial charge on any atom is -0.382 e. The van der Waals surface area contributed by atoms with Crippen LogP contribution < -0.4 is 0 Å². The van der Waals surface area contributed by atoms with Crippen molar-refractivity contribution < 1.29 is 4.74 Å². The number of hydrogen-bond acceptors (Lipinski definition) is 1. The van der Waals surface area contributed by atoms with E-state index in [1.807, 2.05) is 0 Å². The van der Waals surface area contributed by atoms with Crippen LogP contribution in [0.25, 0.3) is 0 Å². The van der Waals surface area contributed by atoms with E-state index in [0.29, 0.717) is 5.92 Å². The van der Waals surface area contributed by atoms with Crippen molar-refractivity contribution >= 4 is 0 Å². The third kappa shape index (κ3) is 6.83. The Bertz CT molecular complexity index is 791. The lowest BCUT2D eigenvalue weighted by Gasteiger charge is -2.43. The minimum atomic E-state index is -0.167. The molecule has 0 radical (unpaired) electrons. The van der Waals surface area contributed by atoms with Gasteiger partial charge in [0.15, 0.2) is 0 Å². The van der Waals surface area contributed by atoms with Gasteiger partial charge in [0.25, 0.3) is 0 Å². The maximum absolute atomic E-state index is 5.78. The van der Waals surface area contributed by atoms with Gasteiger partial charge in [0.2, 0.25) is 0 Å². The van der Waals surface area contributed by atoms with E-state index in [0.717, 1.165) is 26.1 Å². The van der Waals surface area contributed by atoms with Crippen molar-refractivity contribution in [1.29, 1.82) is 0 Å². The average molecular weight is 457 g/mol. The molecule has 0 aliphatic heterocycles. The van der Waals surface area contributed by atoms with E-state index in [1.54, 1.807) is 0 Å². The van der Waals surface area contributed by atoms with E-state index >= 15 is 0 Å². The zero-order valence-corrected chi connectivity index (χ0v) is 21.4. The number of rotatable bonds is 16. The van der Waals surface area contributed by atoms with Crippen LogP contribution in [0.3, 0.4) is 0 Å². The van der Waals surface area contributed by atoms with Gasteiger partial charge in [-0.15, -0.1) is 0 Å². The number of unbranched alkanes of at least 4 members (excludes halogenated alkanes) is 5. The van der Waals surface area contributed by atoms with Crippen LogP contribution in [-0.2, 0) is 10.2 Å². The largest absolute Gasteiger partial charge is 0.382 e. The molecule has 0 saturated carbocycles. The molecule has 0 N–H and O–H groups in total. The Labute approximate surface area is 208 Å². The molecule has 0 saturated heterocycles. The smallest absolute Gasteiger partial charge is 0.0479 e. The van der Waals surface area contributed by atoms with Gasteiger partial charge in [0, 0.05) is 18.6 Å². The van der Waals surface area contributed by atoms with E-state index in [4.69, 9.17) is 4.74 Å². The molecule has 0 aliphatic carbocycles. The summed E-state index contributed by atoms with van der Waals surface area (Å²) in [5.74, 6) is 0.506. The summed E-state index contributed by atoms with van der Waals surface area (Å²) in [4.78, 5) is 0. The van der Waals surface area contributed by atoms with Crippen LogP contribution in [0.1, 0.15) is 88.3 Å². The predicted molar refractivity (Wildman–Crippen MR) is 146 cm³/mol. The topological polar surface area (TPSA) is 9.23 Å². The van der Waals surface area contributed by atoms with Crippen molar-refractivity contribution in [1.82, 2.24) is 0 Å². The summed E-state index contributed by atoms with van der Waals surface area (Å²) in [7, 11) is 0. The minimum absolute atomic E-state index is 0.167. The first-order chi connectivity index (χ1) is 16.8. The molecule has 0 bridgehead atoms. The third-order valence-electron chi connectivity index (χ3n) is 7.25. The van der Waals surface area contributed by atoms with E-state index in [-0.39, 0.29) is 5.41 Å². The summed E-state index contributed by atoms with van der Waals surface area (Å²) in [5.41, 5.74) is 4.04. The van der Waals surface area contributed by atoms with Gasteiger partial charge in [-0.2, -0.15) is 0 Å². The summed E-state index contributed by atoms with van der Waals surface area (Å²) in [6.45, 7) is 6.03. The Hall–Kier alpha value is -2.38. The van der Waals surface area contributed by atoms with Gasteiger partial charge in [-0.1, -0.05) is 136 Å². The third-order valence-corrected chi connectivity index (χ3v) is 7.25. The molecule has 1 nitrogen and oxygen atoms in total. The highest BCUT2D eigenvalue weighted by Gasteiger charge is 2.42. The van der Waals surface area contributed by atoms with Gasteiger partial charge in [0.05, 0.1) is 0 Å². The first-order valence-corrected chi connectivity index (χ1v) is 13.6. The molecule has 1 atom stereocenters. The van der Waals surface area contributed by atoms with Gasteiger partial charge < -0.3 is 4.74 Å². The number of hydrogen-bond donors (Lipinski definition) is 0. The lowest BCUT2D eigenvalue weighted by molar-refractivity contribution is 0.135. The molecule has 3 rings (SSSR count). The maximum Gasteiger partial charge on any atom is 0.0479 e. The summed E-state index contributed by atoms with van der Waals surface area (Å²) >= 11 is 0. The van der Waals surface area contributed by atoms with Crippen LogP contribution in [0.4, 0.5) is 0 Å². The molecular formula is C33H44O. The average Bonchev–Trinajstić information content (AvgIpc) is 2.90. The molecule has 0 fully saturated rings. The lowest BCUT2D eigenvalue weighted by Crippen LogP contribution is -2.38. The second-order valence-corrected chi connectivity index (χ2v) is 9.50. The Kier molecular flexibility index (Phi) is 11.4. The fraction of sp³-hybridized carbons (Fsp3) is 0.455. The quantitative estimate of drug-likeness (QED) is 0.154. The van der Waals surface area contributed by atoms with Gasteiger partial charge >= 0.3 is 0 Å². The maximum atomic E-state index is 5.78. The molecule has 1 heteroatoms. The lowest BCUT2D eigenvalue weighted by atomic mass is 9.59. The first kappa shape index (κ1) is 26.2. The molecule has 0 amide bonds. The van der Waals surface area contributed by atoms with Crippen LogP contribution in [0.5, 0.6) is 0 Å². The fourth-order valence-electron chi connectivity index (χ4n) is 5.63. The Balaban J connectivity index is 2.04. The highest BCUT2D eigenvalue weighted by atomic mass is 16.5. The number of benzene rings is 3. The summed E-state index contributed by atoms with van der Waals surface area (Å²) in [5, 5.41) is 0. The molecular weight excluding hydrogens is 412 g/mol. The molecule has 0 aliphatic rings. The summed E-state index contributed by atoms with van der Waals surface area (Å²) in [6, 6.07) is 33.7. The van der Waals surface area contributed by atoms with E-state index in [1.165, 1.54) is 61.6 Å². The van der Waals surface area contributed by atoms with Crippen LogP contribution >= 0.6 is 0 Å². The molecule has 3 aromatic rings. The molecule has 1 unspecified atom stereocenters. The van der Waals surface area contributed by atoms with E-state index in [2.05, 4.69) is 105 Å². The fourth-order valence-corrected chi connectivity index (χ4v) is 5.63. The standard InChI is InChI=1S/C33H44O/c1-3-5-6-7-8-12-20-32(27-19-28-34-4-2)33(29-21-13-9-14-22-29,30-23-15-10-16-24-30)31-25-17-11-18-26-31/h9-11,13-18,21-26,32H,3-8,12,19-20,27-28H2,1-2H3. The Morgan fingerprint density at radius 3 is 1.47 bits per heavy atom. The molecule has 0 spiro atoms. The summed E-state index contributed by atoms with van der Waals surface area (Å²) in [6.07, 6.45) is 11.5. The Morgan fingerprint density at radius 2 is 1.00 bits per heavy atom. The first-order valence-electron chi connectivity index (χ1n) is 13.6. The highest BCUT2D eigenvalue weighted by molar-refractivity contribution is 5.51. The molecule has 0 heterocycles. The SMILES string of the molecule is CCCCCCCCC(CCCOCC)C(c1ccccc1)(c1ccccc1)c1ccccc1. The van der Waals surface area contributed by atoms with E-state index in [9.17, 15) is 0 Å². The highest BCUT2D eigenvalue weighted by Crippen LogP contribution is 2.49. The van der Waals surface area contributed by atoms with E-state index < -0.39 is 0 Å². The number of ether oxygens (including phenoxy) is 1. The van der Waals surface area contributed by atoms with Crippen molar-refractivity contribution in [2.75, 3.05) is 13.2 Å². The zero-order valence-electron chi connectivity index (χ0n) is 21.4. The van der Waals surface area contributed by atoms with Gasteiger partial charge in [-0.25, -0.2) is 0 Å². The zero-order chi connectivity index (χ0) is 23.9. The van der Waals surface area contributed by atoms with Crippen LogP contribution in [-0.4, -0.2) is 13.2 Å². The Morgan fingerprint density at radius 1 is 0.559 bits per heavy atom. The van der Waals surface area contributed by atoms with Crippen molar-refractivity contribution in [3.63, 3.8) is 0 Å². The normalized spacial score (nSPS) is 12.5. The second kappa shape index (κ2) is 14.8. The summed E-state index contributed by atoms with van der Waals surface area (Å²) < 4.78 is 5.78. The van der Waals surface area contributed by atoms with Crippen molar-refractivity contribution in [3.8, 4) is 0 Å². The molecule has 182 valence electrons. The van der Waals surface area contributed by atoms with Crippen molar-refractivity contribution in [2.45, 2.75) is 77.0 Å². The van der Waals surface area contributed by atoms with Gasteiger partial charge in [-0.05, 0) is 48.8 Å². The monoisotopic (exact) mass is 456 g/mol.